The minimum Gasteiger partial charge on any atom is -0.436 e. The third-order valence-electron chi connectivity index (χ3n) is 3.44. The van der Waals surface area contributed by atoms with Crippen LogP contribution in [-0.4, -0.2) is 18.4 Å². The van der Waals surface area contributed by atoms with E-state index in [1.165, 1.54) is 19.3 Å². The molecule has 2 fully saturated rings. The van der Waals surface area contributed by atoms with E-state index >= 15 is 0 Å². The number of ether oxygens (including phenoxy) is 2. The van der Waals surface area contributed by atoms with Gasteiger partial charge in [0.1, 0.15) is 0 Å². The highest BCUT2D eigenvalue weighted by Gasteiger charge is 2.42. The highest BCUT2D eigenvalue weighted by molar-refractivity contribution is 5.37. The van der Waals surface area contributed by atoms with Crippen LogP contribution in [0.4, 0.5) is 0 Å². The molecule has 0 amide bonds. The lowest BCUT2D eigenvalue weighted by Crippen LogP contribution is -2.35. The molecular weight excluding hydrogens is 180 g/mol. The topological polar surface area (TPSA) is 35.5 Å². The van der Waals surface area contributed by atoms with Gasteiger partial charge in [0.05, 0.1) is 6.10 Å². The second-order valence-corrected chi connectivity index (χ2v) is 4.95. The molecule has 0 aromatic heterocycles. The molecule has 3 unspecified atom stereocenters. The molecular formula is C11H18O3. The minimum atomic E-state index is -0.753. The van der Waals surface area contributed by atoms with Crippen LogP contribution >= 0.6 is 0 Å². The van der Waals surface area contributed by atoms with Gasteiger partial charge in [-0.2, -0.15) is 0 Å². The summed E-state index contributed by atoms with van der Waals surface area (Å²) in [7, 11) is 0. The van der Waals surface area contributed by atoms with Crippen molar-refractivity contribution in [3.05, 3.63) is 0 Å². The number of hydrogen-bond acceptors (Lipinski definition) is 3. The number of hydrogen-bond donors (Lipinski definition) is 0. The fraction of sp³-hybridized carbons (Fsp3) is 0.909. The number of rotatable bonds is 4. The van der Waals surface area contributed by atoms with Gasteiger partial charge in [-0.15, -0.1) is 0 Å². The minimum absolute atomic E-state index is 0.309. The summed E-state index contributed by atoms with van der Waals surface area (Å²) in [5, 5.41) is 0. The first kappa shape index (κ1) is 9.97. The van der Waals surface area contributed by atoms with Crippen molar-refractivity contribution in [1.82, 2.24) is 0 Å². The van der Waals surface area contributed by atoms with Crippen molar-refractivity contribution in [2.75, 3.05) is 0 Å². The number of carbonyl (C=O) groups excluding carboxylic acids is 1. The van der Waals surface area contributed by atoms with Gasteiger partial charge in [0.2, 0.25) is 5.79 Å². The van der Waals surface area contributed by atoms with E-state index in [1.54, 1.807) is 13.8 Å². The van der Waals surface area contributed by atoms with Crippen LogP contribution in [0.1, 0.15) is 39.5 Å². The van der Waals surface area contributed by atoms with E-state index in [-0.39, 0.29) is 0 Å². The van der Waals surface area contributed by atoms with Crippen molar-refractivity contribution in [2.45, 2.75) is 51.4 Å². The zero-order chi connectivity index (χ0) is 10.2. The van der Waals surface area contributed by atoms with Gasteiger partial charge in [-0.3, -0.25) is 4.79 Å². The summed E-state index contributed by atoms with van der Waals surface area (Å²) in [6, 6.07) is 0. The van der Waals surface area contributed by atoms with Crippen molar-refractivity contribution in [2.24, 2.45) is 11.8 Å². The molecule has 0 heterocycles. The van der Waals surface area contributed by atoms with Crippen molar-refractivity contribution in [3.63, 3.8) is 0 Å². The highest BCUT2D eigenvalue weighted by atomic mass is 16.7. The second kappa shape index (κ2) is 3.54. The van der Waals surface area contributed by atoms with E-state index < -0.39 is 5.79 Å². The second-order valence-electron chi connectivity index (χ2n) is 4.95. The van der Waals surface area contributed by atoms with Gasteiger partial charge in [-0.1, -0.05) is 0 Å². The average molecular weight is 198 g/mol. The van der Waals surface area contributed by atoms with Crippen LogP contribution < -0.4 is 0 Å². The molecule has 0 aromatic carbocycles. The third-order valence-corrected chi connectivity index (χ3v) is 3.44. The Hall–Kier alpha value is -0.570. The van der Waals surface area contributed by atoms with Crippen molar-refractivity contribution in [1.29, 1.82) is 0 Å². The van der Waals surface area contributed by atoms with Crippen molar-refractivity contribution < 1.29 is 14.3 Å². The Balaban J connectivity index is 1.88. The summed E-state index contributed by atoms with van der Waals surface area (Å²) >= 11 is 0. The number of fused-ring (bicyclic) bond motifs is 2. The number of carbonyl (C=O) groups is 1. The molecule has 3 nitrogen and oxygen atoms in total. The van der Waals surface area contributed by atoms with Gasteiger partial charge in [0, 0.05) is 13.8 Å². The molecule has 0 saturated heterocycles. The molecule has 2 aliphatic carbocycles. The molecule has 0 aliphatic heterocycles. The lowest BCUT2D eigenvalue weighted by atomic mass is 9.97. The van der Waals surface area contributed by atoms with Crippen LogP contribution in [0.25, 0.3) is 0 Å². The van der Waals surface area contributed by atoms with Gasteiger partial charge in [0.25, 0.3) is 6.47 Å². The predicted octanol–water partition coefficient (Wildman–Crippen LogP) is 2.10. The van der Waals surface area contributed by atoms with Crippen LogP contribution in [0.5, 0.6) is 0 Å². The van der Waals surface area contributed by atoms with Gasteiger partial charge in [0.15, 0.2) is 0 Å². The molecule has 80 valence electrons. The molecule has 3 heteroatoms. The molecule has 0 spiro atoms. The maximum Gasteiger partial charge on any atom is 0.295 e. The molecule has 14 heavy (non-hydrogen) atoms. The summed E-state index contributed by atoms with van der Waals surface area (Å²) in [5.41, 5.74) is 0. The first-order valence-corrected chi connectivity index (χ1v) is 5.40. The van der Waals surface area contributed by atoms with E-state index in [4.69, 9.17) is 9.47 Å². The van der Waals surface area contributed by atoms with Crippen molar-refractivity contribution in [3.8, 4) is 0 Å². The SMILES string of the molecule is CC(C)(OC=O)OC1CC2CCC1C2. The molecule has 0 aromatic rings. The molecule has 0 N–H and O–H groups in total. The standard InChI is InChI=1S/C11H18O3/c1-11(2,13-7-12)14-10-6-8-3-4-9(10)5-8/h7-10H,3-6H2,1-2H3. The Labute approximate surface area is 84.8 Å². The van der Waals surface area contributed by atoms with Crippen LogP contribution in [0, 0.1) is 11.8 Å². The van der Waals surface area contributed by atoms with Crippen LogP contribution in [0.3, 0.4) is 0 Å². The average Bonchev–Trinajstić information content (AvgIpc) is 2.63. The molecule has 2 aliphatic rings. The predicted molar refractivity (Wildman–Crippen MR) is 51.5 cm³/mol. The fourth-order valence-electron chi connectivity index (χ4n) is 2.84. The Kier molecular flexibility index (Phi) is 2.52. The van der Waals surface area contributed by atoms with Crippen LogP contribution in [0.2, 0.25) is 0 Å². The van der Waals surface area contributed by atoms with Gasteiger partial charge >= 0.3 is 0 Å². The van der Waals surface area contributed by atoms with E-state index in [0.717, 1.165) is 12.3 Å². The molecule has 2 bridgehead atoms. The summed E-state index contributed by atoms with van der Waals surface area (Å²) in [6.07, 6.45) is 5.41. The van der Waals surface area contributed by atoms with E-state index in [9.17, 15) is 4.79 Å². The first-order valence-electron chi connectivity index (χ1n) is 5.40. The van der Waals surface area contributed by atoms with Crippen molar-refractivity contribution >= 4 is 6.47 Å². The van der Waals surface area contributed by atoms with Crippen LogP contribution in [-0.2, 0) is 14.3 Å². The largest absolute Gasteiger partial charge is 0.436 e. The zero-order valence-corrected chi connectivity index (χ0v) is 8.86. The first-order chi connectivity index (χ1) is 6.61. The Bertz CT molecular complexity index is 225. The Morgan fingerprint density at radius 1 is 1.29 bits per heavy atom. The zero-order valence-electron chi connectivity index (χ0n) is 8.86. The summed E-state index contributed by atoms with van der Waals surface area (Å²) in [4.78, 5) is 10.3. The Morgan fingerprint density at radius 2 is 2.07 bits per heavy atom. The van der Waals surface area contributed by atoms with E-state index in [2.05, 4.69) is 0 Å². The molecule has 3 atom stereocenters. The van der Waals surface area contributed by atoms with Gasteiger partial charge < -0.3 is 9.47 Å². The molecule has 2 saturated carbocycles. The summed E-state index contributed by atoms with van der Waals surface area (Å²) < 4.78 is 10.7. The summed E-state index contributed by atoms with van der Waals surface area (Å²) in [5.74, 6) is 0.809. The third kappa shape index (κ3) is 1.92. The highest BCUT2D eigenvalue weighted by Crippen LogP contribution is 2.46. The quantitative estimate of drug-likeness (QED) is 0.512. The van der Waals surface area contributed by atoms with E-state index in [1.807, 2.05) is 0 Å². The van der Waals surface area contributed by atoms with E-state index in [0.29, 0.717) is 18.5 Å². The van der Waals surface area contributed by atoms with Gasteiger partial charge in [-0.25, -0.2) is 0 Å². The maximum atomic E-state index is 10.3. The monoisotopic (exact) mass is 198 g/mol. The summed E-state index contributed by atoms with van der Waals surface area (Å²) in [6.45, 7) is 4.06. The lowest BCUT2D eigenvalue weighted by Gasteiger charge is -2.31. The Morgan fingerprint density at radius 3 is 2.57 bits per heavy atom. The fourth-order valence-corrected chi connectivity index (χ4v) is 2.84. The lowest BCUT2D eigenvalue weighted by molar-refractivity contribution is -0.229. The van der Waals surface area contributed by atoms with Crippen LogP contribution in [0.15, 0.2) is 0 Å². The maximum absolute atomic E-state index is 10.3. The molecule has 0 radical (unpaired) electrons. The molecule has 2 rings (SSSR count). The smallest absolute Gasteiger partial charge is 0.295 e. The normalized spacial score (nSPS) is 36.0. The van der Waals surface area contributed by atoms with Gasteiger partial charge in [-0.05, 0) is 37.5 Å².